The smallest absolute Gasteiger partial charge is 0.253 e. The third kappa shape index (κ3) is 5.22. The molecule has 1 N–H and O–H groups in total. The highest BCUT2D eigenvalue weighted by Crippen LogP contribution is 2.34. The van der Waals surface area contributed by atoms with Gasteiger partial charge < -0.3 is 10.0 Å². The Labute approximate surface area is 193 Å². The topological polar surface area (TPSA) is 47.0 Å². The van der Waals surface area contributed by atoms with Crippen LogP contribution in [-0.4, -0.2) is 70.5 Å². The van der Waals surface area contributed by atoms with Gasteiger partial charge in [-0.1, -0.05) is 30.3 Å². The van der Waals surface area contributed by atoms with E-state index in [4.69, 9.17) is 0 Å². The highest BCUT2D eigenvalue weighted by molar-refractivity contribution is 5.94. The van der Waals surface area contributed by atoms with Crippen molar-refractivity contribution >= 4 is 5.91 Å². The number of carbonyl (C=O) groups is 1. The molecule has 3 atom stereocenters. The molecule has 0 unspecified atom stereocenters. The Hall–Kier alpha value is -2.63. The molecule has 1 heterocycles. The molecule has 0 aliphatic carbocycles. The summed E-state index contributed by atoms with van der Waals surface area (Å²) in [4.78, 5) is 19.6. The second-order valence-corrected chi connectivity index (χ2v) is 8.73. The molecule has 1 aliphatic rings. The van der Waals surface area contributed by atoms with E-state index < -0.39 is 0 Å². The van der Waals surface area contributed by atoms with Crippen molar-refractivity contribution < 1.29 is 9.90 Å². The van der Waals surface area contributed by atoms with E-state index in [2.05, 4.69) is 48.4 Å². The first-order chi connectivity index (χ1) is 15.4. The molecule has 5 heteroatoms. The quantitative estimate of drug-likeness (QED) is 0.618. The highest BCUT2D eigenvalue weighted by Gasteiger charge is 2.34. The van der Waals surface area contributed by atoms with Crippen molar-refractivity contribution in [3.05, 3.63) is 77.9 Å². The number of carbonyl (C=O) groups excluding carboxylic acids is 1. The zero-order valence-corrected chi connectivity index (χ0v) is 19.9. The van der Waals surface area contributed by atoms with Crippen molar-refractivity contribution in [3.63, 3.8) is 0 Å². The van der Waals surface area contributed by atoms with E-state index in [-0.39, 0.29) is 17.7 Å². The summed E-state index contributed by atoms with van der Waals surface area (Å²) in [7, 11) is 0. The van der Waals surface area contributed by atoms with Crippen molar-refractivity contribution in [2.24, 2.45) is 0 Å². The van der Waals surface area contributed by atoms with Gasteiger partial charge in [0, 0.05) is 50.4 Å². The maximum Gasteiger partial charge on any atom is 0.253 e. The molecule has 1 amide bonds. The summed E-state index contributed by atoms with van der Waals surface area (Å²) < 4.78 is 0. The number of amides is 1. The molecule has 3 rings (SSSR count). The Morgan fingerprint density at radius 2 is 1.78 bits per heavy atom. The second-order valence-electron chi connectivity index (χ2n) is 8.73. The molecule has 0 aromatic heterocycles. The monoisotopic (exact) mass is 435 g/mol. The number of benzene rings is 2. The fraction of sp³-hybridized carbons (Fsp3) is 0.444. The van der Waals surface area contributed by atoms with Gasteiger partial charge >= 0.3 is 0 Å². The van der Waals surface area contributed by atoms with Crippen LogP contribution in [0.1, 0.15) is 55.2 Å². The Bertz CT molecular complexity index is 907. The Morgan fingerprint density at radius 1 is 1.09 bits per heavy atom. The van der Waals surface area contributed by atoms with Gasteiger partial charge in [-0.05, 0) is 63.1 Å². The van der Waals surface area contributed by atoms with Gasteiger partial charge in [0.05, 0.1) is 6.04 Å². The van der Waals surface area contributed by atoms with Crippen LogP contribution < -0.4 is 0 Å². The van der Waals surface area contributed by atoms with Gasteiger partial charge in [-0.2, -0.15) is 0 Å². The van der Waals surface area contributed by atoms with Crippen LogP contribution in [0, 0.1) is 0 Å². The molecule has 0 saturated carbocycles. The molecule has 1 saturated heterocycles. The number of phenolic OH excluding ortho intramolecular Hbond substituents is 1. The predicted octanol–water partition coefficient (Wildman–Crippen LogP) is 4.54. The summed E-state index contributed by atoms with van der Waals surface area (Å²) in [6.45, 7) is 16.6. The standard InChI is InChI=1S/C27H37N3O2/c1-6-16-29-18-21(5)30(19-20(29)4)26(24-10-9-11-25(31)17-24)22-12-14-23(15-13-22)27(32)28(7-2)8-3/h6,9-15,17,20-21,26,31H,1,7-8,16,18-19H2,2-5H3/t20-,21-,26-/m1/s1. The van der Waals surface area contributed by atoms with Gasteiger partial charge in [0.2, 0.25) is 0 Å². The molecule has 2 aromatic rings. The van der Waals surface area contributed by atoms with Crippen LogP contribution in [0.4, 0.5) is 0 Å². The molecule has 2 aromatic carbocycles. The van der Waals surface area contributed by atoms with Gasteiger partial charge in [0.15, 0.2) is 0 Å². The van der Waals surface area contributed by atoms with E-state index in [0.717, 1.165) is 30.8 Å². The van der Waals surface area contributed by atoms with Crippen LogP contribution >= 0.6 is 0 Å². The number of hydrogen-bond acceptors (Lipinski definition) is 4. The number of phenols is 1. The third-order valence-electron chi connectivity index (χ3n) is 6.57. The predicted molar refractivity (Wildman–Crippen MR) is 131 cm³/mol. The van der Waals surface area contributed by atoms with Crippen LogP contribution in [0.25, 0.3) is 0 Å². The fourth-order valence-electron chi connectivity index (χ4n) is 4.78. The summed E-state index contributed by atoms with van der Waals surface area (Å²) in [6.07, 6.45) is 1.97. The number of piperazine rings is 1. The number of nitrogens with zero attached hydrogens (tertiary/aromatic N) is 3. The molecule has 172 valence electrons. The maximum atomic E-state index is 12.8. The van der Waals surface area contributed by atoms with E-state index in [9.17, 15) is 9.90 Å². The van der Waals surface area contributed by atoms with Crippen molar-refractivity contribution in [1.29, 1.82) is 0 Å². The molecule has 0 spiro atoms. The first kappa shape index (κ1) is 24.0. The normalized spacial score (nSPS) is 20.6. The molecule has 32 heavy (non-hydrogen) atoms. The van der Waals surface area contributed by atoms with Crippen molar-refractivity contribution in [2.75, 3.05) is 32.7 Å². The Morgan fingerprint density at radius 3 is 2.38 bits per heavy atom. The Balaban J connectivity index is 1.96. The summed E-state index contributed by atoms with van der Waals surface area (Å²) >= 11 is 0. The average Bonchev–Trinajstić information content (AvgIpc) is 2.78. The first-order valence-corrected chi connectivity index (χ1v) is 11.7. The zero-order valence-electron chi connectivity index (χ0n) is 19.9. The molecule has 5 nitrogen and oxygen atoms in total. The van der Waals surface area contributed by atoms with E-state index >= 15 is 0 Å². The van der Waals surface area contributed by atoms with Gasteiger partial charge in [-0.25, -0.2) is 0 Å². The number of aromatic hydroxyl groups is 1. The minimum atomic E-state index is 0.00281. The number of rotatable bonds is 8. The van der Waals surface area contributed by atoms with E-state index in [0.29, 0.717) is 30.7 Å². The minimum Gasteiger partial charge on any atom is -0.508 e. The molecular weight excluding hydrogens is 398 g/mol. The Kier molecular flexibility index (Phi) is 8.10. The lowest BCUT2D eigenvalue weighted by atomic mass is 9.92. The maximum absolute atomic E-state index is 12.8. The van der Waals surface area contributed by atoms with Crippen LogP contribution in [0.3, 0.4) is 0 Å². The zero-order chi connectivity index (χ0) is 23.3. The highest BCUT2D eigenvalue weighted by atomic mass is 16.3. The van der Waals surface area contributed by atoms with Crippen molar-refractivity contribution in [2.45, 2.75) is 45.8 Å². The summed E-state index contributed by atoms with van der Waals surface area (Å²) in [5.74, 6) is 0.335. The average molecular weight is 436 g/mol. The van der Waals surface area contributed by atoms with Gasteiger partial charge in [-0.15, -0.1) is 6.58 Å². The number of hydrogen-bond donors (Lipinski definition) is 1. The minimum absolute atomic E-state index is 0.00281. The van der Waals surface area contributed by atoms with E-state index in [1.807, 2.05) is 49.1 Å². The van der Waals surface area contributed by atoms with Gasteiger partial charge in [0.1, 0.15) is 5.75 Å². The van der Waals surface area contributed by atoms with Crippen LogP contribution in [0.15, 0.2) is 61.2 Å². The summed E-state index contributed by atoms with van der Waals surface area (Å²) in [5.41, 5.74) is 2.90. The van der Waals surface area contributed by atoms with E-state index in [1.54, 1.807) is 6.07 Å². The lowest BCUT2D eigenvalue weighted by molar-refractivity contribution is 0.0306. The molecule has 0 radical (unpaired) electrons. The largest absolute Gasteiger partial charge is 0.508 e. The summed E-state index contributed by atoms with van der Waals surface area (Å²) in [5, 5.41) is 10.2. The molecule has 1 aliphatic heterocycles. The third-order valence-corrected chi connectivity index (χ3v) is 6.57. The lowest BCUT2D eigenvalue weighted by Crippen LogP contribution is -2.57. The molecule has 1 fully saturated rings. The fourth-order valence-corrected chi connectivity index (χ4v) is 4.78. The van der Waals surface area contributed by atoms with Gasteiger partial charge in [-0.3, -0.25) is 14.6 Å². The van der Waals surface area contributed by atoms with Gasteiger partial charge in [0.25, 0.3) is 5.91 Å². The second kappa shape index (κ2) is 10.8. The first-order valence-electron chi connectivity index (χ1n) is 11.7. The SMILES string of the molecule is C=CCN1C[C@@H](C)N([C@H](c2ccc(C(=O)N(CC)CC)cc2)c2cccc(O)c2)C[C@H]1C. The van der Waals surface area contributed by atoms with Crippen LogP contribution in [0.2, 0.25) is 0 Å². The van der Waals surface area contributed by atoms with Crippen molar-refractivity contribution in [1.82, 2.24) is 14.7 Å². The summed E-state index contributed by atoms with van der Waals surface area (Å²) in [6, 6.07) is 16.3. The van der Waals surface area contributed by atoms with Crippen LogP contribution in [0.5, 0.6) is 5.75 Å². The molecule has 0 bridgehead atoms. The lowest BCUT2D eigenvalue weighted by Gasteiger charge is -2.47. The van der Waals surface area contributed by atoms with Crippen LogP contribution in [-0.2, 0) is 0 Å². The van der Waals surface area contributed by atoms with E-state index in [1.165, 1.54) is 0 Å². The van der Waals surface area contributed by atoms with Crippen molar-refractivity contribution in [3.8, 4) is 5.75 Å². The molecular formula is C27H37N3O2.